The van der Waals surface area contributed by atoms with Crippen LogP contribution in [0.4, 0.5) is 5.82 Å². The van der Waals surface area contributed by atoms with Crippen molar-refractivity contribution in [2.75, 3.05) is 18.1 Å². The summed E-state index contributed by atoms with van der Waals surface area (Å²) >= 11 is 1.64. The number of benzene rings is 1. The third kappa shape index (κ3) is 2.80. The summed E-state index contributed by atoms with van der Waals surface area (Å²) in [4.78, 5) is 9.89. The maximum absolute atomic E-state index is 6.00. The van der Waals surface area contributed by atoms with Crippen LogP contribution in [-0.2, 0) is 0 Å². The summed E-state index contributed by atoms with van der Waals surface area (Å²) in [6.45, 7) is 2.83. The van der Waals surface area contributed by atoms with Crippen LogP contribution in [0.3, 0.4) is 0 Å². The summed E-state index contributed by atoms with van der Waals surface area (Å²) in [6.07, 6.45) is 7.54. The Balaban J connectivity index is 2.04. The van der Waals surface area contributed by atoms with Gasteiger partial charge in [-0.2, -0.15) is 4.98 Å². The first kappa shape index (κ1) is 13.8. The first-order valence-corrected chi connectivity index (χ1v) is 7.92. The fourth-order valence-corrected chi connectivity index (χ4v) is 2.57. The Morgan fingerprint density at radius 3 is 3.00 bits per heavy atom. The molecule has 108 valence electrons. The topological polar surface area (TPSA) is 51.5 Å². The van der Waals surface area contributed by atoms with Gasteiger partial charge in [-0.05, 0) is 25.3 Å². The van der Waals surface area contributed by atoms with Crippen LogP contribution in [-0.4, -0.2) is 27.2 Å². The molecule has 0 fully saturated rings. The summed E-state index contributed by atoms with van der Waals surface area (Å²) < 4.78 is 7.91. The molecule has 0 unspecified atom stereocenters. The number of para-hydroxylation sites is 1. The number of anilines is 1. The van der Waals surface area contributed by atoms with Crippen LogP contribution in [0.15, 0.2) is 47.8 Å². The Morgan fingerprint density at radius 2 is 2.19 bits per heavy atom. The molecule has 0 aliphatic rings. The van der Waals surface area contributed by atoms with Crippen LogP contribution in [0.5, 0.6) is 11.6 Å². The number of fused-ring (bicyclic) bond motifs is 1. The fraction of sp³-hybridized carbons (Fsp3) is 0.200. The van der Waals surface area contributed by atoms with Crippen molar-refractivity contribution in [1.29, 1.82) is 0 Å². The van der Waals surface area contributed by atoms with E-state index in [2.05, 4.69) is 15.3 Å². The smallest absolute Gasteiger partial charge is 0.265 e. The van der Waals surface area contributed by atoms with E-state index in [0.717, 1.165) is 23.0 Å². The Hall–Kier alpha value is -2.21. The van der Waals surface area contributed by atoms with Crippen LogP contribution in [0.25, 0.3) is 5.65 Å². The van der Waals surface area contributed by atoms with E-state index >= 15 is 0 Å². The minimum absolute atomic E-state index is 0.500. The second-order valence-electron chi connectivity index (χ2n) is 4.37. The lowest BCUT2D eigenvalue weighted by molar-refractivity contribution is 0.455. The fourth-order valence-electron chi connectivity index (χ4n) is 2.04. The number of nitrogens with zero attached hydrogens (tertiary/aromatic N) is 3. The zero-order valence-corrected chi connectivity index (χ0v) is 12.7. The van der Waals surface area contributed by atoms with Gasteiger partial charge in [0.05, 0.1) is 6.20 Å². The molecule has 2 heterocycles. The summed E-state index contributed by atoms with van der Waals surface area (Å²) in [5, 5.41) is 3.20. The SMILES string of the molecule is CCNc1cn2ccnc2c(Oc2ccccc2SC)n1. The zero-order chi connectivity index (χ0) is 14.7. The molecule has 0 spiro atoms. The molecular formula is C15H16N4OS. The number of ether oxygens (including phenoxy) is 1. The average molecular weight is 300 g/mol. The monoisotopic (exact) mass is 300 g/mol. The highest BCUT2D eigenvalue weighted by atomic mass is 32.2. The van der Waals surface area contributed by atoms with Gasteiger partial charge in [-0.1, -0.05) is 12.1 Å². The lowest BCUT2D eigenvalue weighted by Crippen LogP contribution is -2.03. The van der Waals surface area contributed by atoms with Crippen molar-refractivity contribution in [3.63, 3.8) is 0 Å². The van der Waals surface area contributed by atoms with Crippen molar-refractivity contribution < 1.29 is 4.74 Å². The van der Waals surface area contributed by atoms with Crippen molar-refractivity contribution in [1.82, 2.24) is 14.4 Å². The number of thioether (sulfide) groups is 1. The van der Waals surface area contributed by atoms with Gasteiger partial charge in [-0.3, -0.25) is 4.40 Å². The average Bonchev–Trinajstić information content (AvgIpc) is 2.97. The van der Waals surface area contributed by atoms with Crippen LogP contribution < -0.4 is 10.1 Å². The number of imidazole rings is 1. The van der Waals surface area contributed by atoms with Gasteiger partial charge >= 0.3 is 0 Å². The quantitative estimate of drug-likeness (QED) is 0.729. The zero-order valence-electron chi connectivity index (χ0n) is 11.9. The van der Waals surface area contributed by atoms with E-state index in [1.54, 1.807) is 18.0 Å². The first-order chi connectivity index (χ1) is 10.3. The Bertz CT molecular complexity index is 756. The van der Waals surface area contributed by atoms with Gasteiger partial charge in [0.25, 0.3) is 5.88 Å². The summed E-state index contributed by atoms with van der Waals surface area (Å²) in [5.74, 6) is 2.05. The summed E-state index contributed by atoms with van der Waals surface area (Å²) in [5.41, 5.74) is 0.701. The van der Waals surface area contributed by atoms with Crippen LogP contribution in [0.1, 0.15) is 6.92 Å². The summed E-state index contributed by atoms with van der Waals surface area (Å²) in [7, 11) is 0. The van der Waals surface area contributed by atoms with E-state index < -0.39 is 0 Å². The number of aromatic nitrogens is 3. The van der Waals surface area contributed by atoms with Crippen LogP contribution in [0, 0.1) is 0 Å². The second kappa shape index (κ2) is 6.05. The van der Waals surface area contributed by atoms with Crippen molar-refractivity contribution in [3.8, 4) is 11.6 Å². The van der Waals surface area contributed by atoms with E-state index in [1.807, 2.05) is 54.2 Å². The van der Waals surface area contributed by atoms with E-state index in [-0.39, 0.29) is 0 Å². The molecular weight excluding hydrogens is 284 g/mol. The third-order valence-electron chi connectivity index (χ3n) is 2.98. The number of hydrogen-bond donors (Lipinski definition) is 1. The normalized spacial score (nSPS) is 10.8. The molecule has 1 aromatic carbocycles. The molecule has 2 aromatic heterocycles. The minimum Gasteiger partial charge on any atom is -0.435 e. The predicted octanol–water partition coefficient (Wildman–Crippen LogP) is 3.68. The molecule has 5 nitrogen and oxygen atoms in total. The number of nitrogens with one attached hydrogen (secondary N) is 1. The number of hydrogen-bond acceptors (Lipinski definition) is 5. The molecule has 0 aliphatic carbocycles. The van der Waals surface area contributed by atoms with Crippen molar-refractivity contribution in [2.24, 2.45) is 0 Å². The van der Waals surface area contributed by atoms with Crippen molar-refractivity contribution in [3.05, 3.63) is 42.9 Å². The molecule has 0 atom stereocenters. The highest BCUT2D eigenvalue weighted by Gasteiger charge is 2.11. The van der Waals surface area contributed by atoms with E-state index in [1.165, 1.54) is 0 Å². The molecule has 0 saturated heterocycles. The molecule has 0 aliphatic heterocycles. The van der Waals surface area contributed by atoms with Crippen LogP contribution >= 0.6 is 11.8 Å². The molecule has 1 N–H and O–H groups in total. The molecule has 0 bridgehead atoms. The number of rotatable bonds is 5. The molecule has 0 radical (unpaired) electrons. The van der Waals surface area contributed by atoms with E-state index in [9.17, 15) is 0 Å². The summed E-state index contributed by atoms with van der Waals surface area (Å²) in [6, 6.07) is 7.90. The largest absolute Gasteiger partial charge is 0.435 e. The van der Waals surface area contributed by atoms with Gasteiger partial charge in [0.2, 0.25) is 5.65 Å². The standard InChI is InChI=1S/C15H16N4OS/c1-3-16-13-10-19-9-8-17-14(19)15(18-13)20-11-6-4-5-7-12(11)21-2/h4-10,16H,3H2,1-2H3. The molecule has 3 rings (SSSR count). The van der Waals surface area contributed by atoms with Crippen molar-refractivity contribution in [2.45, 2.75) is 11.8 Å². The van der Waals surface area contributed by atoms with Gasteiger partial charge < -0.3 is 10.1 Å². The van der Waals surface area contributed by atoms with Gasteiger partial charge in [0.1, 0.15) is 11.6 Å². The molecule has 0 saturated carbocycles. The minimum atomic E-state index is 0.500. The van der Waals surface area contributed by atoms with Crippen molar-refractivity contribution >= 4 is 23.2 Å². The predicted molar refractivity (Wildman–Crippen MR) is 85.4 cm³/mol. The molecule has 6 heteroatoms. The Kier molecular flexibility index (Phi) is 3.96. The Labute approximate surface area is 127 Å². The van der Waals surface area contributed by atoms with Gasteiger partial charge in [0, 0.05) is 23.8 Å². The molecule has 3 aromatic rings. The lowest BCUT2D eigenvalue weighted by Gasteiger charge is -2.11. The maximum Gasteiger partial charge on any atom is 0.265 e. The first-order valence-electron chi connectivity index (χ1n) is 6.70. The van der Waals surface area contributed by atoms with Crippen LogP contribution in [0.2, 0.25) is 0 Å². The molecule has 0 amide bonds. The maximum atomic E-state index is 6.00. The van der Waals surface area contributed by atoms with Gasteiger partial charge in [-0.25, -0.2) is 4.98 Å². The second-order valence-corrected chi connectivity index (χ2v) is 5.22. The van der Waals surface area contributed by atoms with Gasteiger partial charge in [0.15, 0.2) is 0 Å². The third-order valence-corrected chi connectivity index (χ3v) is 3.75. The Morgan fingerprint density at radius 1 is 1.33 bits per heavy atom. The van der Waals surface area contributed by atoms with E-state index in [4.69, 9.17) is 4.74 Å². The highest BCUT2D eigenvalue weighted by Crippen LogP contribution is 2.32. The lowest BCUT2D eigenvalue weighted by atomic mass is 10.3. The van der Waals surface area contributed by atoms with Gasteiger partial charge in [-0.15, -0.1) is 11.8 Å². The molecule has 21 heavy (non-hydrogen) atoms. The van der Waals surface area contributed by atoms with E-state index in [0.29, 0.717) is 11.5 Å². The highest BCUT2D eigenvalue weighted by molar-refractivity contribution is 7.98.